The number of benzene rings is 3. The van der Waals surface area contributed by atoms with Gasteiger partial charge in [-0.1, -0.05) is 59.6 Å². The van der Waals surface area contributed by atoms with Crippen LogP contribution in [0.15, 0.2) is 82.7 Å². The minimum atomic E-state index is -0.567. The molecule has 3 aromatic carbocycles. The number of hydrogen-bond acceptors (Lipinski definition) is 5. The molecule has 8 heteroatoms. The van der Waals surface area contributed by atoms with Gasteiger partial charge in [0, 0.05) is 0 Å². The lowest BCUT2D eigenvalue weighted by Gasteiger charge is -2.09. The number of para-hydroxylation sites is 1. The molecule has 0 atom stereocenters. The monoisotopic (exact) mass is 468 g/mol. The van der Waals surface area contributed by atoms with Crippen LogP contribution in [0.2, 0.25) is 10.0 Å². The van der Waals surface area contributed by atoms with E-state index >= 15 is 0 Å². The SMILES string of the molecule is O=C1NC(=Nc2ccccc2)S/C1=C\c1cc(Cl)c(OC(=O)c2ccccc2)c(Cl)c1. The molecule has 4 rings (SSSR count). The van der Waals surface area contributed by atoms with Crippen molar-refractivity contribution in [2.24, 2.45) is 4.99 Å². The number of esters is 1. The zero-order chi connectivity index (χ0) is 21.8. The van der Waals surface area contributed by atoms with E-state index < -0.39 is 5.97 Å². The maximum atomic E-state index is 12.3. The van der Waals surface area contributed by atoms with Gasteiger partial charge in [0.25, 0.3) is 5.91 Å². The average molecular weight is 469 g/mol. The second-order valence-corrected chi connectivity index (χ2v) is 8.23. The topological polar surface area (TPSA) is 67.8 Å². The summed E-state index contributed by atoms with van der Waals surface area (Å²) < 4.78 is 5.36. The number of thioether (sulfide) groups is 1. The lowest BCUT2D eigenvalue weighted by Crippen LogP contribution is -2.19. The fraction of sp³-hybridized carbons (Fsp3) is 0. The molecule has 1 aliphatic rings. The fourth-order valence-electron chi connectivity index (χ4n) is 2.74. The number of aliphatic imine (C=N–C) groups is 1. The molecule has 3 aromatic rings. The molecular formula is C23H14Cl2N2O3S. The number of rotatable bonds is 4. The van der Waals surface area contributed by atoms with Crippen LogP contribution in [0.5, 0.6) is 5.75 Å². The average Bonchev–Trinajstić information content (AvgIpc) is 3.10. The van der Waals surface area contributed by atoms with E-state index in [9.17, 15) is 9.59 Å². The number of halogens is 2. The molecule has 1 fully saturated rings. The van der Waals surface area contributed by atoms with Gasteiger partial charge in [-0.2, -0.15) is 0 Å². The van der Waals surface area contributed by atoms with E-state index in [2.05, 4.69) is 10.3 Å². The third-order valence-electron chi connectivity index (χ3n) is 4.16. The lowest BCUT2D eigenvalue weighted by molar-refractivity contribution is -0.115. The first-order valence-electron chi connectivity index (χ1n) is 9.10. The number of nitrogens with zero attached hydrogens (tertiary/aromatic N) is 1. The molecule has 1 amide bonds. The van der Waals surface area contributed by atoms with Crippen LogP contribution in [0.25, 0.3) is 6.08 Å². The molecule has 0 spiro atoms. The maximum Gasteiger partial charge on any atom is 0.343 e. The molecule has 0 radical (unpaired) electrons. The first kappa shape index (κ1) is 21.2. The number of ether oxygens (including phenoxy) is 1. The van der Waals surface area contributed by atoms with Gasteiger partial charge in [-0.25, -0.2) is 9.79 Å². The number of carbonyl (C=O) groups is 2. The first-order valence-corrected chi connectivity index (χ1v) is 10.7. The van der Waals surface area contributed by atoms with Crippen molar-refractivity contribution in [1.82, 2.24) is 5.32 Å². The molecule has 0 aliphatic carbocycles. The minimum absolute atomic E-state index is 0.0641. The number of carbonyl (C=O) groups excluding carboxylic acids is 2. The van der Waals surface area contributed by atoms with Crippen LogP contribution in [0, 0.1) is 0 Å². The van der Waals surface area contributed by atoms with E-state index in [4.69, 9.17) is 27.9 Å². The Kier molecular flexibility index (Phi) is 6.42. The summed E-state index contributed by atoms with van der Waals surface area (Å²) in [4.78, 5) is 29.4. The van der Waals surface area contributed by atoms with Crippen molar-refractivity contribution in [1.29, 1.82) is 0 Å². The van der Waals surface area contributed by atoms with Crippen molar-refractivity contribution in [3.63, 3.8) is 0 Å². The lowest BCUT2D eigenvalue weighted by atomic mass is 10.2. The highest BCUT2D eigenvalue weighted by Gasteiger charge is 2.24. The van der Waals surface area contributed by atoms with Gasteiger partial charge in [0.2, 0.25) is 0 Å². The molecule has 31 heavy (non-hydrogen) atoms. The van der Waals surface area contributed by atoms with Crippen molar-refractivity contribution in [3.05, 3.63) is 98.9 Å². The van der Waals surface area contributed by atoms with Crippen LogP contribution in [0.3, 0.4) is 0 Å². The number of nitrogens with one attached hydrogen (secondary N) is 1. The summed E-state index contributed by atoms with van der Waals surface area (Å²) in [5, 5.41) is 3.52. The summed E-state index contributed by atoms with van der Waals surface area (Å²) in [6, 6.07) is 21.0. The fourth-order valence-corrected chi connectivity index (χ4v) is 4.16. The van der Waals surface area contributed by atoms with Crippen LogP contribution in [0.4, 0.5) is 5.69 Å². The highest BCUT2D eigenvalue weighted by atomic mass is 35.5. The molecule has 1 heterocycles. The van der Waals surface area contributed by atoms with Crippen molar-refractivity contribution in [2.45, 2.75) is 0 Å². The molecule has 1 saturated heterocycles. The Hall–Kier alpha value is -3.06. The molecule has 0 aromatic heterocycles. The Morgan fingerprint density at radius 3 is 2.23 bits per heavy atom. The smallest absolute Gasteiger partial charge is 0.343 e. The Labute approximate surface area is 192 Å². The Morgan fingerprint density at radius 1 is 0.968 bits per heavy atom. The quantitative estimate of drug-likeness (QED) is 0.285. The zero-order valence-electron chi connectivity index (χ0n) is 15.8. The van der Waals surface area contributed by atoms with Crippen LogP contribution < -0.4 is 10.1 Å². The van der Waals surface area contributed by atoms with Crippen molar-refractivity contribution in [3.8, 4) is 5.75 Å². The molecule has 0 bridgehead atoms. The number of amides is 1. The molecular weight excluding hydrogens is 455 g/mol. The summed E-state index contributed by atoms with van der Waals surface area (Å²) in [5.41, 5.74) is 1.71. The molecule has 0 saturated carbocycles. The second kappa shape index (κ2) is 9.39. The third-order valence-corrected chi connectivity index (χ3v) is 5.63. The second-order valence-electron chi connectivity index (χ2n) is 6.39. The largest absolute Gasteiger partial charge is 0.420 e. The standard InChI is InChI=1S/C23H14Cl2N2O3S/c24-17-11-14(12-18(25)20(17)30-22(29)15-7-3-1-4-8-15)13-19-21(28)27-23(31-19)26-16-9-5-2-6-10-16/h1-13H,(H,26,27,28)/b19-13-. The predicted molar refractivity (Wildman–Crippen MR) is 125 cm³/mol. The minimum Gasteiger partial charge on any atom is -0.420 e. The third kappa shape index (κ3) is 5.17. The Balaban J connectivity index is 1.54. The van der Waals surface area contributed by atoms with E-state index in [0.29, 0.717) is 21.2 Å². The van der Waals surface area contributed by atoms with Gasteiger partial charge in [-0.15, -0.1) is 0 Å². The van der Waals surface area contributed by atoms with E-state index in [1.54, 1.807) is 48.5 Å². The molecule has 1 N–H and O–H groups in total. The van der Waals surface area contributed by atoms with Gasteiger partial charge in [-0.05, 0) is 59.8 Å². The molecule has 0 unspecified atom stereocenters. The van der Waals surface area contributed by atoms with Gasteiger partial charge in [-0.3, -0.25) is 4.79 Å². The zero-order valence-corrected chi connectivity index (χ0v) is 18.2. The summed E-state index contributed by atoms with van der Waals surface area (Å²) in [6.45, 7) is 0. The van der Waals surface area contributed by atoms with Crippen molar-refractivity contribution in [2.75, 3.05) is 0 Å². The highest BCUT2D eigenvalue weighted by Crippen LogP contribution is 2.36. The van der Waals surface area contributed by atoms with Gasteiger partial charge >= 0.3 is 5.97 Å². The Bertz CT molecular complexity index is 1190. The maximum absolute atomic E-state index is 12.3. The van der Waals surface area contributed by atoms with Crippen LogP contribution >= 0.6 is 35.0 Å². The molecule has 154 valence electrons. The van der Waals surface area contributed by atoms with E-state index in [1.165, 1.54) is 11.8 Å². The van der Waals surface area contributed by atoms with Crippen LogP contribution in [-0.2, 0) is 4.79 Å². The van der Waals surface area contributed by atoms with Crippen LogP contribution in [0.1, 0.15) is 15.9 Å². The van der Waals surface area contributed by atoms with E-state index in [0.717, 1.165) is 5.69 Å². The van der Waals surface area contributed by atoms with Gasteiger partial charge in [0.15, 0.2) is 10.9 Å². The summed E-state index contributed by atoms with van der Waals surface area (Å²) >= 11 is 13.8. The van der Waals surface area contributed by atoms with E-state index in [-0.39, 0.29) is 21.7 Å². The number of amidine groups is 1. The predicted octanol–water partition coefficient (Wildman–Crippen LogP) is 6.10. The normalized spacial score (nSPS) is 15.9. The molecule has 1 aliphatic heterocycles. The van der Waals surface area contributed by atoms with Crippen molar-refractivity contribution >= 4 is 63.8 Å². The summed E-state index contributed by atoms with van der Waals surface area (Å²) in [7, 11) is 0. The Morgan fingerprint density at radius 2 is 1.58 bits per heavy atom. The first-order chi connectivity index (χ1) is 15.0. The van der Waals surface area contributed by atoms with Gasteiger partial charge in [0.1, 0.15) is 0 Å². The summed E-state index contributed by atoms with van der Waals surface area (Å²) in [6.07, 6.45) is 1.65. The highest BCUT2D eigenvalue weighted by molar-refractivity contribution is 8.18. The summed E-state index contributed by atoms with van der Waals surface area (Å²) in [5.74, 6) is -0.774. The molecule has 5 nitrogen and oxygen atoms in total. The van der Waals surface area contributed by atoms with E-state index in [1.807, 2.05) is 30.3 Å². The van der Waals surface area contributed by atoms with Gasteiger partial charge in [0.05, 0.1) is 26.2 Å². The van der Waals surface area contributed by atoms with Crippen LogP contribution in [-0.4, -0.2) is 17.0 Å². The van der Waals surface area contributed by atoms with Gasteiger partial charge < -0.3 is 10.1 Å². The number of hydrogen-bond donors (Lipinski definition) is 1. The van der Waals surface area contributed by atoms with Crippen molar-refractivity contribution < 1.29 is 14.3 Å².